The van der Waals surface area contributed by atoms with Crippen molar-refractivity contribution >= 4 is 30.3 Å². The summed E-state index contributed by atoms with van der Waals surface area (Å²) >= 11 is -1.33. The number of aliphatic hydroxyl groups is 1. The van der Waals surface area contributed by atoms with E-state index in [0.29, 0.717) is 0 Å². The van der Waals surface area contributed by atoms with Gasteiger partial charge in [-0.25, -0.2) is 0 Å². The van der Waals surface area contributed by atoms with Gasteiger partial charge in [0.1, 0.15) is 6.54 Å². The van der Waals surface area contributed by atoms with E-state index in [1.54, 1.807) is 0 Å². The summed E-state index contributed by atoms with van der Waals surface area (Å²) in [5.74, 6) is 0. The molecule has 0 saturated heterocycles. The fraction of sp³-hybridized carbons (Fsp3) is 1.00. The molecule has 0 spiro atoms. The molecule has 0 bridgehead atoms. The van der Waals surface area contributed by atoms with E-state index in [2.05, 4.69) is 21.1 Å². The molecule has 12 heavy (non-hydrogen) atoms. The van der Waals surface area contributed by atoms with Crippen molar-refractivity contribution in [1.82, 2.24) is 0 Å². The van der Waals surface area contributed by atoms with Gasteiger partial charge >= 0.3 is 41.5 Å². The third-order valence-electron chi connectivity index (χ3n) is 0.771. The van der Waals surface area contributed by atoms with Gasteiger partial charge in [0.25, 0.3) is 0 Å². The van der Waals surface area contributed by atoms with Gasteiger partial charge in [-0.05, 0) is 0 Å². The molecule has 0 aliphatic rings. The second-order valence-corrected chi connectivity index (χ2v) is 8.36. The summed E-state index contributed by atoms with van der Waals surface area (Å²) in [7, 11) is 20.8. The van der Waals surface area contributed by atoms with Crippen molar-refractivity contribution in [1.29, 1.82) is 0 Å². The monoisotopic (exact) mass is 300 g/mol. The Bertz CT molecular complexity index is 85.3. The van der Waals surface area contributed by atoms with E-state index in [1.165, 1.54) is 0 Å². The van der Waals surface area contributed by atoms with E-state index in [1.807, 2.05) is 0 Å². The molecule has 0 heterocycles. The van der Waals surface area contributed by atoms with Crippen LogP contribution < -0.4 is 12.4 Å². The van der Waals surface area contributed by atoms with E-state index in [4.69, 9.17) is 35.4 Å². The molecule has 1 N–H and O–H groups in total. The first-order chi connectivity index (χ1) is 4.79. The van der Waals surface area contributed by atoms with Gasteiger partial charge in [-0.2, -0.15) is 0 Å². The Hall–Kier alpha value is 1.60. The number of quaternary nitrogens is 1. The fourth-order valence-electron chi connectivity index (χ4n) is 0.300. The van der Waals surface area contributed by atoms with E-state index < -0.39 is 11.2 Å². The van der Waals surface area contributed by atoms with Gasteiger partial charge in [0.15, 0.2) is 0 Å². The van der Waals surface area contributed by atoms with Crippen LogP contribution >= 0.6 is 30.3 Å². The number of hydrogen-bond acceptors (Lipinski definition) is 1. The van der Waals surface area contributed by atoms with E-state index in [-0.39, 0.29) is 19.0 Å². The minimum atomic E-state index is -1.33. The van der Waals surface area contributed by atoms with Crippen LogP contribution in [0.1, 0.15) is 0 Å². The predicted molar refractivity (Wildman–Crippen MR) is 47.5 cm³/mol. The molecule has 0 aromatic heterocycles. The number of aliphatic hydroxyl groups excluding tert-OH is 1. The Balaban J connectivity index is -0.000000142. The van der Waals surface area contributed by atoms with Crippen LogP contribution in [0.3, 0.4) is 0 Å². The zero-order valence-corrected chi connectivity index (χ0v) is 11.3. The molecule has 0 atom stereocenters. The number of hydrogen-bond donors (Lipinski definition) is 1. The maximum atomic E-state index is 8.39. The van der Waals surface area contributed by atoms with Crippen LogP contribution in [0.15, 0.2) is 0 Å². The first kappa shape index (κ1) is 19.2. The Morgan fingerprint density at radius 2 is 1.42 bits per heavy atom. The molecular weight excluding hydrogens is 288 g/mol. The minimum absolute atomic E-state index is 0. The SMILES string of the molecule is C[N+](C)(C)CCO.[Cl-].[Cl][Fe]([Cl])[Cl]. The van der Waals surface area contributed by atoms with Gasteiger partial charge in [0.05, 0.1) is 27.7 Å². The Morgan fingerprint density at radius 1 is 1.17 bits per heavy atom. The second-order valence-electron chi connectivity index (χ2n) is 2.89. The van der Waals surface area contributed by atoms with Crippen LogP contribution in [0.5, 0.6) is 0 Å². The topological polar surface area (TPSA) is 20.2 Å². The molecule has 0 amide bonds. The predicted octanol–water partition coefficient (Wildman–Crippen LogP) is -1.25. The van der Waals surface area contributed by atoms with Crippen LogP contribution in [0.4, 0.5) is 0 Å². The first-order valence-electron chi connectivity index (χ1n) is 2.87. The molecule has 7 heteroatoms. The van der Waals surface area contributed by atoms with E-state index in [9.17, 15) is 0 Å². The average molecular weight is 302 g/mol. The van der Waals surface area contributed by atoms with E-state index >= 15 is 0 Å². The van der Waals surface area contributed by atoms with Gasteiger partial charge in [0, 0.05) is 0 Å². The summed E-state index contributed by atoms with van der Waals surface area (Å²) in [5.41, 5.74) is 0. The van der Waals surface area contributed by atoms with Gasteiger partial charge < -0.3 is 22.0 Å². The van der Waals surface area contributed by atoms with Crippen molar-refractivity contribution < 1.29 is 33.2 Å². The standard InChI is InChI=1S/C5H14NO.4ClH.Fe/c1-6(2,3)4-5-7;;;;;/h7H,4-5H2,1-3H3;4*1H;/q+1;;;;;+3/p-4. The average Bonchev–Trinajstić information content (AvgIpc) is 1.58. The van der Waals surface area contributed by atoms with Crippen molar-refractivity contribution in [3.05, 3.63) is 0 Å². The summed E-state index contributed by atoms with van der Waals surface area (Å²) in [4.78, 5) is 0. The third-order valence-corrected chi connectivity index (χ3v) is 0.771. The number of nitrogens with zero attached hydrogens (tertiary/aromatic N) is 1. The van der Waals surface area contributed by atoms with Crippen LogP contribution in [-0.2, 0) is 11.2 Å². The van der Waals surface area contributed by atoms with Gasteiger partial charge in [-0.15, -0.1) is 0 Å². The molecule has 2 nitrogen and oxygen atoms in total. The maximum absolute atomic E-state index is 8.39. The van der Waals surface area contributed by atoms with Gasteiger partial charge in [-0.1, -0.05) is 0 Å². The zero-order chi connectivity index (χ0) is 9.49. The van der Waals surface area contributed by atoms with E-state index in [0.717, 1.165) is 11.0 Å². The van der Waals surface area contributed by atoms with Crippen LogP contribution in [0.2, 0.25) is 0 Å². The Labute approximate surface area is 97.3 Å². The molecule has 0 aliphatic carbocycles. The molecule has 0 radical (unpaired) electrons. The van der Waals surface area contributed by atoms with Crippen molar-refractivity contribution in [2.24, 2.45) is 0 Å². The summed E-state index contributed by atoms with van der Waals surface area (Å²) in [6.45, 7) is 1.11. The summed E-state index contributed by atoms with van der Waals surface area (Å²) in [6.07, 6.45) is 0. The second kappa shape index (κ2) is 10.7. The third kappa shape index (κ3) is 41.6. The van der Waals surface area contributed by atoms with Crippen molar-refractivity contribution in [2.75, 3.05) is 34.3 Å². The number of rotatable bonds is 2. The molecule has 81 valence electrons. The van der Waals surface area contributed by atoms with Crippen LogP contribution in [0.25, 0.3) is 0 Å². The van der Waals surface area contributed by atoms with Crippen molar-refractivity contribution in [2.45, 2.75) is 0 Å². The van der Waals surface area contributed by atoms with Crippen molar-refractivity contribution in [3.8, 4) is 0 Å². The van der Waals surface area contributed by atoms with Crippen LogP contribution in [0, 0.1) is 0 Å². The molecule has 0 aliphatic heterocycles. The molecule has 0 rings (SSSR count). The van der Waals surface area contributed by atoms with Crippen LogP contribution in [-0.4, -0.2) is 43.9 Å². The molecular formula is C5H14Cl4FeNO. The molecule has 0 aromatic carbocycles. The quantitative estimate of drug-likeness (QED) is 0.499. The number of likely N-dealkylation sites (N-methyl/N-ethyl adjacent to an activating group) is 1. The molecule has 0 aromatic rings. The van der Waals surface area contributed by atoms with Crippen molar-refractivity contribution in [3.63, 3.8) is 0 Å². The molecule has 0 saturated carbocycles. The number of halogens is 4. The van der Waals surface area contributed by atoms with Gasteiger partial charge in [-0.3, -0.25) is 0 Å². The Kier molecular flexibility index (Phi) is 17.1. The summed E-state index contributed by atoms with van der Waals surface area (Å²) < 4.78 is 0.844. The first-order valence-corrected chi connectivity index (χ1v) is 7.43. The van der Waals surface area contributed by atoms with Gasteiger partial charge in [0.2, 0.25) is 0 Å². The summed E-state index contributed by atoms with van der Waals surface area (Å²) in [6, 6.07) is 0. The molecule has 0 fully saturated rings. The normalized spacial score (nSPS) is 10.8. The summed E-state index contributed by atoms with van der Waals surface area (Å²) in [5, 5.41) is 8.39. The Morgan fingerprint density at radius 3 is 1.42 bits per heavy atom. The molecule has 0 unspecified atom stereocenters. The zero-order valence-electron chi connectivity index (χ0n) is 7.17. The fourth-order valence-corrected chi connectivity index (χ4v) is 0.300.